The lowest BCUT2D eigenvalue weighted by Crippen LogP contribution is -1.95. The van der Waals surface area contributed by atoms with Gasteiger partial charge in [0.25, 0.3) is 0 Å². The van der Waals surface area contributed by atoms with Crippen LogP contribution in [0.2, 0.25) is 5.15 Å². The summed E-state index contributed by atoms with van der Waals surface area (Å²) < 4.78 is 1.73. The molecule has 0 atom stereocenters. The second-order valence-electron chi connectivity index (χ2n) is 3.21. The average Bonchev–Trinajstić information content (AvgIpc) is 2.48. The molecule has 0 spiro atoms. The van der Waals surface area contributed by atoms with Crippen LogP contribution in [0.1, 0.15) is 11.3 Å². The zero-order chi connectivity index (χ0) is 10.1. The van der Waals surface area contributed by atoms with Crippen molar-refractivity contribution in [1.82, 2.24) is 14.8 Å². The van der Waals surface area contributed by atoms with Crippen LogP contribution in [0, 0.1) is 13.8 Å². The van der Waals surface area contributed by atoms with Gasteiger partial charge in [-0.2, -0.15) is 5.10 Å². The van der Waals surface area contributed by atoms with Crippen LogP contribution in [-0.4, -0.2) is 14.8 Å². The Hall–Kier alpha value is -1.35. The number of aryl methyl sites for hydroxylation is 2. The summed E-state index contributed by atoms with van der Waals surface area (Å²) in [6.07, 6.45) is 3.66. The normalized spacial score (nSPS) is 10.5. The Morgan fingerprint density at radius 2 is 2.07 bits per heavy atom. The second kappa shape index (κ2) is 3.42. The predicted octanol–water partition coefficient (Wildman–Crippen LogP) is 2.54. The third-order valence-electron chi connectivity index (χ3n) is 2.00. The number of pyridine rings is 1. The first-order valence-corrected chi connectivity index (χ1v) is 4.69. The van der Waals surface area contributed by atoms with Crippen molar-refractivity contribution in [1.29, 1.82) is 0 Å². The van der Waals surface area contributed by atoms with Crippen LogP contribution in [0.4, 0.5) is 0 Å². The first-order valence-electron chi connectivity index (χ1n) is 4.31. The van der Waals surface area contributed by atoms with E-state index in [9.17, 15) is 0 Å². The molecule has 2 aromatic rings. The van der Waals surface area contributed by atoms with Crippen LogP contribution in [0.25, 0.3) is 5.69 Å². The van der Waals surface area contributed by atoms with Crippen molar-refractivity contribution in [2.24, 2.45) is 0 Å². The van der Waals surface area contributed by atoms with Crippen molar-refractivity contribution >= 4 is 11.6 Å². The van der Waals surface area contributed by atoms with E-state index in [1.807, 2.05) is 32.2 Å². The summed E-state index contributed by atoms with van der Waals surface area (Å²) in [6, 6.07) is 3.91. The van der Waals surface area contributed by atoms with E-state index >= 15 is 0 Å². The molecule has 0 radical (unpaired) electrons. The highest BCUT2D eigenvalue weighted by Crippen LogP contribution is 2.14. The molecule has 0 fully saturated rings. The molecule has 72 valence electrons. The maximum atomic E-state index is 5.86. The fraction of sp³-hybridized carbons (Fsp3) is 0.200. The van der Waals surface area contributed by atoms with E-state index in [1.54, 1.807) is 10.9 Å². The lowest BCUT2D eigenvalue weighted by atomic mass is 10.3. The van der Waals surface area contributed by atoms with Crippen LogP contribution < -0.4 is 0 Å². The van der Waals surface area contributed by atoms with Gasteiger partial charge >= 0.3 is 0 Å². The molecule has 4 heteroatoms. The summed E-state index contributed by atoms with van der Waals surface area (Å²) in [7, 11) is 0. The third-order valence-corrected chi connectivity index (χ3v) is 2.37. The van der Waals surface area contributed by atoms with Crippen molar-refractivity contribution in [3.63, 3.8) is 0 Å². The molecule has 0 unspecified atom stereocenters. The smallest absolute Gasteiger partial charge is 0.154 e. The zero-order valence-electron chi connectivity index (χ0n) is 8.03. The van der Waals surface area contributed by atoms with Gasteiger partial charge in [0.05, 0.1) is 11.9 Å². The Balaban J connectivity index is 2.44. The van der Waals surface area contributed by atoms with Crippen LogP contribution in [0.5, 0.6) is 0 Å². The van der Waals surface area contributed by atoms with Gasteiger partial charge in [0.2, 0.25) is 0 Å². The number of hydrogen-bond acceptors (Lipinski definition) is 2. The third kappa shape index (κ3) is 1.63. The summed E-state index contributed by atoms with van der Waals surface area (Å²) in [5, 5.41) is 4.69. The molecule has 2 rings (SSSR count). The average molecular weight is 208 g/mol. The molecular formula is C10H10ClN3. The zero-order valence-corrected chi connectivity index (χ0v) is 8.78. The standard InChI is InChI=1S/C10H10ClN3/c1-7-6-14(13-10(7)11)9-4-3-8(2)12-5-9/h3-6H,1-2H3. The molecule has 0 aliphatic carbocycles. The van der Waals surface area contributed by atoms with Gasteiger partial charge < -0.3 is 0 Å². The van der Waals surface area contributed by atoms with E-state index in [1.165, 1.54) is 0 Å². The van der Waals surface area contributed by atoms with Gasteiger partial charge in [-0.1, -0.05) is 11.6 Å². The van der Waals surface area contributed by atoms with Gasteiger partial charge in [-0.25, -0.2) is 4.68 Å². The van der Waals surface area contributed by atoms with Crippen molar-refractivity contribution < 1.29 is 0 Å². The van der Waals surface area contributed by atoms with E-state index < -0.39 is 0 Å². The molecular weight excluding hydrogens is 198 g/mol. The Bertz CT molecular complexity index is 425. The number of aromatic nitrogens is 3. The molecule has 14 heavy (non-hydrogen) atoms. The number of hydrogen-bond donors (Lipinski definition) is 0. The van der Waals surface area contributed by atoms with Gasteiger partial charge in [-0.3, -0.25) is 4.98 Å². The Morgan fingerprint density at radius 1 is 1.29 bits per heavy atom. The van der Waals surface area contributed by atoms with Crippen LogP contribution in [0.15, 0.2) is 24.5 Å². The maximum Gasteiger partial charge on any atom is 0.154 e. The van der Waals surface area contributed by atoms with Crippen molar-refractivity contribution in [2.45, 2.75) is 13.8 Å². The van der Waals surface area contributed by atoms with Crippen molar-refractivity contribution in [3.05, 3.63) is 40.9 Å². The Labute approximate surface area is 87.3 Å². The van der Waals surface area contributed by atoms with Gasteiger partial charge in [0.1, 0.15) is 0 Å². The molecule has 0 saturated heterocycles. The van der Waals surface area contributed by atoms with E-state index in [-0.39, 0.29) is 0 Å². The monoisotopic (exact) mass is 207 g/mol. The van der Waals surface area contributed by atoms with E-state index in [0.717, 1.165) is 16.9 Å². The number of nitrogens with zero attached hydrogens (tertiary/aromatic N) is 3. The Kier molecular flexibility index (Phi) is 2.25. The molecule has 0 bridgehead atoms. The summed E-state index contributed by atoms with van der Waals surface area (Å²) in [5.41, 5.74) is 2.88. The molecule has 0 aliphatic rings. The topological polar surface area (TPSA) is 30.7 Å². The largest absolute Gasteiger partial charge is 0.259 e. The molecule has 0 amide bonds. The second-order valence-corrected chi connectivity index (χ2v) is 3.56. The van der Waals surface area contributed by atoms with Crippen LogP contribution >= 0.6 is 11.6 Å². The van der Waals surface area contributed by atoms with Crippen LogP contribution in [-0.2, 0) is 0 Å². The molecule has 2 aromatic heterocycles. The lowest BCUT2D eigenvalue weighted by Gasteiger charge is -1.99. The number of rotatable bonds is 1. The highest BCUT2D eigenvalue weighted by molar-refractivity contribution is 6.30. The van der Waals surface area contributed by atoms with E-state index in [0.29, 0.717) is 5.15 Å². The summed E-state index contributed by atoms with van der Waals surface area (Å²) in [6.45, 7) is 3.87. The molecule has 0 aliphatic heterocycles. The van der Waals surface area contributed by atoms with Gasteiger partial charge in [0, 0.05) is 17.5 Å². The minimum atomic E-state index is 0.533. The molecule has 0 aromatic carbocycles. The maximum absolute atomic E-state index is 5.86. The summed E-state index contributed by atoms with van der Waals surface area (Å²) >= 11 is 5.86. The Morgan fingerprint density at radius 3 is 2.57 bits per heavy atom. The SMILES string of the molecule is Cc1ccc(-n2cc(C)c(Cl)n2)cn1. The minimum absolute atomic E-state index is 0.533. The lowest BCUT2D eigenvalue weighted by molar-refractivity contribution is 0.871. The van der Waals surface area contributed by atoms with Gasteiger partial charge in [-0.05, 0) is 26.0 Å². The molecule has 0 N–H and O–H groups in total. The van der Waals surface area contributed by atoms with Crippen molar-refractivity contribution in [3.8, 4) is 5.69 Å². The minimum Gasteiger partial charge on any atom is -0.259 e. The highest BCUT2D eigenvalue weighted by atomic mass is 35.5. The van der Waals surface area contributed by atoms with Crippen molar-refractivity contribution in [2.75, 3.05) is 0 Å². The van der Waals surface area contributed by atoms with Crippen LogP contribution in [0.3, 0.4) is 0 Å². The van der Waals surface area contributed by atoms with Gasteiger partial charge in [-0.15, -0.1) is 0 Å². The summed E-state index contributed by atoms with van der Waals surface area (Å²) in [4.78, 5) is 4.19. The van der Waals surface area contributed by atoms with E-state index in [2.05, 4.69) is 10.1 Å². The first-order chi connectivity index (χ1) is 6.66. The number of halogens is 1. The fourth-order valence-corrected chi connectivity index (χ4v) is 1.30. The summed E-state index contributed by atoms with van der Waals surface area (Å²) in [5.74, 6) is 0. The predicted molar refractivity (Wildman–Crippen MR) is 55.8 cm³/mol. The molecule has 0 saturated carbocycles. The molecule has 3 nitrogen and oxygen atoms in total. The fourth-order valence-electron chi connectivity index (χ4n) is 1.17. The van der Waals surface area contributed by atoms with Gasteiger partial charge in [0.15, 0.2) is 5.15 Å². The quantitative estimate of drug-likeness (QED) is 0.720. The molecule has 2 heterocycles. The first kappa shape index (κ1) is 9.21. The van der Waals surface area contributed by atoms with E-state index in [4.69, 9.17) is 11.6 Å². The highest BCUT2D eigenvalue weighted by Gasteiger charge is 2.03.